The van der Waals surface area contributed by atoms with E-state index in [2.05, 4.69) is 33.0 Å². The zero-order chi connectivity index (χ0) is 11.1. The van der Waals surface area contributed by atoms with E-state index in [9.17, 15) is 0 Å². The molecule has 1 N–H and O–H groups in total. The van der Waals surface area contributed by atoms with Gasteiger partial charge in [0.2, 0.25) is 0 Å². The third-order valence-electron chi connectivity index (χ3n) is 4.39. The molecular formula is C14H27N. The highest BCUT2D eigenvalue weighted by molar-refractivity contribution is 4.98. The van der Waals surface area contributed by atoms with E-state index in [0.29, 0.717) is 5.41 Å². The van der Waals surface area contributed by atoms with Gasteiger partial charge in [-0.15, -0.1) is 0 Å². The lowest BCUT2D eigenvalue weighted by atomic mass is 9.76. The van der Waals surface area contributed by atoms with Crippen molar-refractivity contribution in [1.82, 2.24) is 5.32 Å². The standard InChI is InChI=1S/C14H27N/c1-10-11-7-5-6-8-12(11)15-13(10)9-14(2,3)4/h10-13,15H,5-9H2,1-4H3. The van der Waals surface area contributed by atoms with Crippen molar-refractivity contribution < 1.29 is 0 Å². The molecule has 88 valence electrons. The smallest absolute Gasteiger partial charge is 0.0104 e. The van der Waals surface area contributed by atoms with Crippen LogP contribution in [0.3, 0.4) is 0 Å². The van der Waals surface area contributed by atoms with Gasteiger partial charge < -0.3 is 5.32 Å². The molecule has 1 aliphatic carbocycles. The topological polar surface area (TPSA) is 12.0 Å². The van der Waals surface area contributed by atoms with Gasteiger partial charge in [0, 0.05) is 12.1 Å². The predicted octanol–water partition coefficient (Wildman–Crippen LogP) is 3.59. The number of nitrogens with one attached hydrogen (secondary N) is 1. The van der Waals surface area contributed by atoms with Gasteiger partial charge in [0.1, 0.15) is 0 Å². The number of hydrogen-bond acceptors (Lipinski definition) is 1. The summed E-state index contributed by atoms with van der Waals surface area (Å²) in [6.45, 7) is 9.56. The van der Waals surface area contributed by atoms with E-state index in [1.165, 1.54) is 32.1 Å². The van der Waals surface area contributed by atoms with Crippen LogP contribution < -0.4 is 5.32 Å². The third kappa shape index (κ3) is 2.55. The van der Waals surface area contributed by atoms with E-state index in [0.717, 1.165) is 23.9 Å². The first-order chi connectivity index (χ1) is 6.97. The molecule has 0 aromatic heterocycles. The fraction of sp³-hybridized carbons (Fsp3) is 1.00. The van der Waals surface area contributed by atoms with E-state index in [-0.39, 0.29) is 0 Å². The van der Waals surface area contributed by atoms with Gasteiger partial charge in [-0.2, -0.15) is 0 Å². The van der Waals surface area contributed by atoms with Crippen LogP contribution in [0.5, 0.6) is 0 Å². The summed E-state index contributed by atoms with van der Waals surface area (Å²) in [5, 5.41) is 3.90. The van der Waals surface area contributed by atoms with Gasteiger partial charge in [-0.25, -0.2) is 0 Å². The molecule has 0 bridgehead atoms. The number of fused-ring (bicyclic) bond motifs is 1. The Kier molecular flexibility index (Phi) is 3.12. The minimum Gasteiger partial charge on any atom is -0.311 e. The molecule has 1 aliphatic heterocycles. The van der Waals surface area contributed by atoms with Crippen LogP contribution in [0.15, 0.2) is 0 Å². The van der Waals surface area contributed by atoms with Crippen LogP contribution in [-0.4, -0.2) is 12.1 Å². The Balaban J connectivity index is 1.98. The molecule has 1 heteroatoms. The summed E-state index contributed by atoms with van der Waals surface area (Å²) >= 11 is 0. The van der Waals surface area contributed by atoms with E-state index in [4.69, 9.17) is 0 Å². The molecule has 1 heterocycles. The Morgan fingerprint density at radius 2 is 1.80 bits per heavy atom. The molecule has 2 fully saturated rings. The maximum absolute atomic E-state index is 3.90. The lowest BCUT2D eigenvalue weighted by Crippen LogP contribution is -2.35. The summed E-state index contributed by atoms with van der Waals surface area (Å²) in [7, 11) is 0. The van der Waals surface area contributed by atoms with Gasteiger partial charge in [0.05, 0.1) is 0 Å². The molecule has 2 aliphatic rings. The average Bonchev–Trinajstić information content (AvgIpc) is 2.42. The van der Waals surface area contributed by atoms with Crippen LogP contribution in [0.2, 0.25) is 0 Å². The molecule has 4 unspecified atom stereocenters. The van der Waals surface area contributed by atoms with Crippen molar-refractivity contribution in [2.24, 2.45) is 17.3 Å². The molecule has 0 spiro atoms. The maximum Gasteiger partial charge on any atom is 0.0104 e. The Labute approximate surface area is 95.0 Å². The van der Waals surface area contributed by atoms with E-state index in [1.807, 2.05) is 0 Å². The lowest BCUT2D eigenvalue weighted by Gasteiger charge is -2.28. The molecule has 1 saturated carbocycles. The highest BCUT2D eigenvalue weighted by Crippen LogP contribution is 2.40. The van der Waals surface area contributed by atoms with Crippen molar-refractivity contribution in [2.75, 3.05) is 0 Å². The molecule has 0 radical (unpaired) electrons. The number of hydrogen-bond donors (Lipinski definition) is 1. The molecule has 0 aromatic rings. The fourth-order valence-electron chi connectivity index (χ4n) is 3.63. The Hall–Kier alpha value is -0.0400. The van der Waals surface area contributed by atoms with Crippen LogP contribution in [0.1, 0.15) is 59.8 Å². The summed E-state index contributed by atoms with van der Waals surface area (Å²) in [6.07, 6.45) is 7.15. The maximum atomic E-state index is 3.90. The molecule has 2 rings (SSSR count). The quantitative estimate of drug-likeness (QED) is 0.696. The summed E-state index contributed by atoms with van der Waals surface area (Å²) in [6, 6.07) is 1.62. The summed E-state index contributed by atoms with van der Waals surface area (Å²) in [5.74, 6) is 1.88. The van der Waals surface area contributed by atoms with Gasteiger partial charge in [-0.3, -0.25) is 0 Å². The van der Waals surface area contributed by atoms with Crippen molar-refractivity contribution >= 4 is 0 Å². The second kappa shape index (κ2) is 4.08. The molecule has 0 aromatic carbocycles. The first-order valence-electron chi connectivity index (χ1n) is 6.73. The SMILES string of the molecule is CC1C(CC(C)(C)C)NC2CCCCC21. The van der Waals surface area contributed by atoms with Gasteiger partial charge >= 0.3 is 0 Å². The monoisotopic (exact) mass is 209 g/mol. The molecule has 1 nitrogen and oxygen atoms in total. The summed E-state index contributed by atoms with van der Waals surface area (Å²) < 4.78 is 0. The van der Waals surface area contributed by atoms with Gasteiger partial charge in [0.25, 0.3) is 0 Å². The van der Waals surface area contributed by atoms with Crippen molar-refractivity contribution in [1.29, 1.82) is 0 Å². The van der Waals surface area contributed by atoms with Gasteiger partial charge in [-0.1, -0.05) is 40.5 Å². The molecule has 15 heavy (non-hydrogen) atoms. The largest absolute Gasteiger partial charge is 0.311 e. The van der Waals surface area contributed by atoms with Crippen molar-refractivity contribution in [2.45, 2.75) is 71.9 Å². The summed E-state index contributed by atoms with van der Waals surface area (Å²) in [4.78, 5) is 0. The Morgan fingerprint density at radius 3 is 2.40 bits per heavy atom. The van der Waals surface area contributed by atoms with E-state index >= 15 is 0 Å². The molecule has 0 amide bonds. The first-order valence-corrected chi connectivity index (χ1v) is 6.73. The Bertz CT molecular complexity index is 216. The average molecular weight is 209 g/mol. The second-order valence-electron chi connectivity index (χ2n) is 6.95. The first kappa shape index (κ1) is 11.4. The van der Waals surface area contributed by atoms with E-state index < -0.39 is 0 Å². The molecule has 1 saturated heterocycles. The van der Waals surface area contributed by atoms with Crippen molar-refractivity contribution in [3.63, 3.8) is 0 Å². The van der Waals surface area contributed by atoms with Crippen LogP contribution in [0.25, 0.3) is 0 Å². The zero-order valence-corrected chi connectivity index (χ0v) is 10.8. The predicted molar refractivity (Wildman–Crippen MR) is 65.9 cm³/mol. The van der Waals surface area contributed by atoms with Gasteiger partial charge in [-0.05, 0) is 36.5 Å². The lowest BCUT2D eigenvalue weighted by molar-refractivity contribution is 0.259. The van der Waals surface area contributed by atoms with Crippen molar-refractivity contribution in [3.05, 3.63) is 0 Å². The van der Waals surface area contributed by atoms with E-state index in [1.54, 1.807) is 0 Å². The van der Waals surface area contributed by atoms with Crippen molar-refractivity contribution in [3.8, 4) is 0 Å². The number of rotatable bonds is 1. The highest BCUT2D eigenvalue weighted by Gasteiger charge is 2.41. The van der Waals surface area contributed by atoms with Crippen LogP contribution in [0.4, 0.5) is 0 Å². The minimum absolute atomic E-state index is 0.472. The van der Waals surface area contributed by atoms with Crippen LogP contribution >= 0.6 is 0 Å². The minimum atomic E-state index is 0.472. The van der Waals surface area contributed by atoms with Crippen LogP contribution in [-0.2, 0) is 0 Å². The third-order valence-corrected chi connectivity index (χ3v) is 4.39. The zero-order valence-electron chi connectivity index (χ0n) is 10.8. The fourth-order valence-corrected chi connectivity index (χ4v) is 3.63. The Morgan fingerprint density at radius 1 is 1.13 bits per heavy atom. The van der Waals surface area contributed by atoms with Crippen LogP contribution in [0, 0.1) is 17.3 Å². The molecule has 4 atom stereocenters. The van der Waals surface area contributed by atoms with Gasteiger partial charge in [0.15, 0.2) is 0 Å². The second-order valence-corrected chi connectivity index (χ2v) is 6.95. The molecular weight excluding hydrogens is 182 g/mol. The summed E-state index contributed by atoms with van der Waals surface area (Å²) in [5.41, 5.74) is 0.472. The normalized spacial score (nSPS) is 41.6. The highest BCUT2D eigenvalue weighted by atomic mass is 15.0.